The Morgan fingerprint density at radius 1 is 1.17 bits per heavy atom. The van der Waals surface area contributed by atoms with Gasteiger partial charge in [-0.3, -0.25) is 5.10 Å². The van der Waals surface area contributed by atoms with Gasteiger partial charge < -0.3 is 15.5 Å². The van der Waals surface area contributed by atoms with Crippen LogP contribution in [0.5, 0.6) is 0 Å². The molecule has 1 fully saturated rings. The van der Waals surface area contributed by atoms with Crippen LogP contribution in [0.2, 0.25) is 5.02 Å². The van der Waals surface area contributed by atoms with Crippen LogP contribution in [0, 0.1) is 0 Å². The minimum Gasteiger partial charge on any atom is -0.339 e. The Bertz CT molecular complexity index is 839. The Hall–Kier alpha value is -2.38. The van der Waals surface area contributed by atoms with Gasteiger partial charge in [0, 0.05) is 30.7 Å². The highest BCUT2D eigenvalue weighted by atomic mass is 35.5. The van der Waals surface area contributed by atoms with Crippen LogP contribution >= 0.6 is 11.6 Å². The summed E-state index contributed by atoms with van der Waals surface area (Å²) in [5.74, 6) is 1.32. The Morgan fingerprint density at radius 3 is 3.08 bits per heavy atom. The van der Waals surface area contributed by atoms with Gasteiger partial charge in [-0.1, -0.05) is 11.6 Å². The van der Waals surface area contributed by atoms with Gasteiger partial charge >= 0.3 is 0 Å². The summed E-state index contributed by atoms with van der Waals surface area (Å²) in [7, 11) is 0. The van der Waals surface area contributed by atoms with Crippen molar-refractivity contribution in [1.29, 1.82) is 0 Å². The highest BCUT2D eigenvalue weighted by Gasteiger charge is 2.14. The molecule has 1 saturated heterocycles. The molecule has 8 heteroatoms. The number of nitrogens with one attached hydrogen (secondary N) is 3. The van der Waals surface area contributed by atoms with Gasteiger partial charge in [0.25, 0.3) is 0 Å². The van der Waals surface area contributed by atoms with Crippen molar-refractivity contribution in [3.8, 4) is 0 Å². The fourth-order valence-corrected chi connectivity index (χ4v) is 2.94. The molecule has 0 radical (unpaired) electrons. The molecule has 4 rings (SSSR count). The molecule has 0 unspecified atom stereocenters. The topological polar surface area (TPSA) is 81.8 Å². The number of halogens is 1. The second-order valence-corrected chi connectivity index (χ2v) is 6.16. The van der Waals surface area contributed by atoms with E-state index in [1.54, 1.807) is 12.4 Å². The molecule has 0 spiro atoms. The highest BCUT2D eigenvalue weighted by molar-refractivity contribution is 6.32. The lowest BCUT2D eigenvalue weighted by atomic mass is 10.2. The van der Waals surface area contributed by atoms with E-state index in [0.717, 1.165) is 49.2 Å². The molecule has 7 nitrogen and oxygen atoms in total. The van der Waals surface area contributed by atoms with Gasteiger partial charge in [0.05, 0.1) is 17.9 Å². The second kappa shape index (κ2) is 6.62. The predicted molar refractivity (Wildman–Crippen MR) is 96.1 cm³/mol. The maximum Gasteiger partial charge on any atom is 0.227 e. The minimum absolute atomic E-state index is 0.499. The molecule has 0 atom stereocenters. The molecule has 1 aromatic carbocycles. The standard InChI is InChI=1S/C16H18ClN7/c17-13-10-19-16(24-6-1-4-18-5-7-24)22-15(13)21-12-2-3-14-11(8-12)9-20-23-14/h2-3,8-10,18H,1,4-7H2,(H,20,23)(H,19,21,22). The number of aromatic nitrogens is 4. The molecule has 0 bridgehead atoms. The van der Waals surface area contributed by atoms with Crippen LogP contribution in [0.25, 0.3) is 10.9 Å². The maximum atomic E-state index is 6.28. The molecule has 3 N–H and O–H groups in total. The molecular formula is C16H18ClN7. The molecule has 3 heterocycles. The van der Waals surface area contributed by atoms with E-state index < -0.39 is 0 Å². The van der Waals surface area contributed by atoms with E-state index in [-0.39, 0.29) is 0 Å². The minimum atomic E-state index is 0.499. The van der Waals surface area contributed by atoms with Gasteiger partial charge in [-0.2, -0.15) is 10.1 Å². The number of fused-ring (bicyclic) bond motifs is 1. The second-order valence-electron chi connectivity index (χ2n) is 5.75. The molecular weight excluding hydrogens is 326 g/mol. The van der Waals surface area contributed by atoms with Crippen molar-refractivity contribution < 1.29 is 0 Å². The Morgan fingerprint density at radius 2 is 2.12 bits per heavy atom. The first-order chi connectivity index (χ1) is 11.8. The maximum absolute atomic E-state index is 6.28. The molecule has 2 aromatic heterocycles. The quantitative estimate of drug-likeness (QED) is 0.678. The first-order valence-corrected chi connectivity index (χ1v) is 8.36. The molecule has 24 heavy (non-hydrogen) atoms. The average molecular weight is 344 g/mol. The number of H-pyrrole nitrogens is 1. The number of hydrogen-bond donors (Lipinski definition) is 3. The van der Waals surface area contributed by atoms with Gasteiger partial charge in [0.2, 0.25) is 5.95 Å². The Kier molecular flexibility index (Phi) is 4.18. The Balaban J connectivity index is 1.60. The lowest BCUT2D eigenvalue weighted by molar-refractivity contribution is 0.724. The van der Waals surface area contributed by atoms with Crippen molar-refractivity contribution in [3.63, 3.8) is 0 Å². The van der Waals surface area contributed by atoms with Crippen LogP contribution in [0.3, 0.4) is 0 Å². The number of aromatic amines is 1. The number of anilines is 3. The van der Waals surface area contributed by atoms with Crippen molar-refractivity contribution in [2.75, 3.05) is 36.4 Å². The number of hydrogen-bond acceptors (Lipinski definition) is 6. The summed E-state index contributed by atoms with van der Waals surface area (Å²) in [6.07, 6.45) is 4.52. The molecule has 124 valence electrons. The zero-order valence-electron chi connectivity index (χ0n) is 13.1. The molecule has 3 aromatic rings. The van der Waals surface area contributed by atoms with Crippen molar-refractivity contribution in [2.24, 2.45) is 0 Å². The van der Waals surface area contributed by atoms with Crippen molar-refractivity contribution in [1.82, 2.24) is 25.5 Å². The summed E-state index contributed by atoms with van der Waals surface area (Å²) in [6, 6.07) is 5.95. The lowest BCUT2D eigenvalue weighted by Gasteiger charge is -2.20. The third-order valence-corrected chi connectivity index (χ3v) is 4.33. The highest BCUT2D eigenvalue weighted by Crippen LogP contribution is 2.26. The van der Waals surface area contributed by atoms with Crippen molar-refractivity contribution in [2.45, 2.75) is 6.42 Å². The summed E-state index contributed by atoms with van der Waals surface area (Å²) < 4.78 is 0. The number of nitrogens with zero attached hydrogens (tertiary/aromatic N) is 4. The largest absolute Gasteiger partial charge is 0.339 e. The van der Waals surface area contributed by atoms with Crippen LogP contribution in [0.4, 0.5) is 17.5 Å². The van der Waals surface area contributed by atoms with Crippen LogP contribution in [-0.4, -0.2) is 46.3 Å². The number of rotatable bonds is 3. The van der Waals surface area contributed by atoms with Crippen LogP contribution < -0.4 is 15.5 Å². The fourth-order valence-electron chi connectivity index (χ4n) is 2.80. The van der Waals surface area contributed by atoms with E-state index in [1.165, 1.54) is 0 Å². The lowest BCUT2D eigenvalue weighted by Crippen LogP contribution is -2.29. The normalized spacial score (nSPS) is 15.5. The first-order valence-electron chi connectivity index (χ1n) is 7.98. The van der Waals surface area contributed by atoms with Crippen molar-refractivity contribution >= 4 is 40.0 Å². The zero-order chi connectivity index (χ0) is 16.4. The smallest absolute Gasteiger partial charge is 0.227 e. The van der Waals surface area contributed by atoms with Gasteiger partial charge in [-0.15, -0.1) is 0 Å². The summed E-state index contributed by atoms with van der Waals surface area (Å²) >= 11 is 6.28. The van der Waals surface area contributed by atoms with Crippen LogP contribution in [-0.2, 0) is 0 Å². The fraction of sp³-hybridized carbons (Fsp3) is 0.312. The van der Waals surface area contributed by atoms with Crippen LogP contribution in [0.1, 0.15) is 6.42 Å². The van der Waals surface area contributed by atoms with Gasteiger partial charge in [0.1, 0.15) is 5.02 Å². The van der Waals surface area contributed by atoms with Gasteiger partial charge in [-0.05, 0) is 31.2 Å². The zero-order valence-corrected chi connectivity index (χ0v) is 13.8. The van der Waals surface area contributed by atoms with E-state index in [1.807, 2.05) is 18.2 Å². The molecule has 0 amide bonds. The predicted octanol–water partition coefficient (Wildman–Crippen LogP) is 2.55. The first kappa shape index (κ1) is 15.2. The van der Waals surface area contributed by atoms with E-state index in [0.29, 0.717) is 16.8 Å². The summed E-state index contributed by atoms with van der Waals surface area (Å²) in [5, 5.41) is 15.2. The van der Waals surface area contributed by atoms with Crippen LogP contribution in [0.15, 0.2) is 30.6 Å². The summed E-state index contributed by atoms with van der Waals surface area (Å²) in [5.41, 5.74) is 1.90. The third kappa shape index (κ3) is 3.13. The monoisotopic (exact) mass is 343 g/mol. The third-order valence-electron chi connectivity index (χ3n) is 4.06. The molecule has 1 aliphatic rings. The van der Waals surface area contributed by atoms with Gasteiger partial charge in [-0.25, -0.2) is 4.98 Å². The SMILES string of the molecule is Clc1cnc(N2CCCNCC2)nc1Nc1ccc2[nH]ncc2c1. The van der Waals surface area contributed by atoms with E-state index in [9.17, 15) is 0 Å². The molecule has 0 aliphatic carbocycles. The van der Waals surface area contributed by atoms with Gasteiger partial charge in [0.15, 0.2) is 5.82 Å². The number of benzene rings is 1. The summed E-state index contributed by atoms with van der Waals surface area (Å²) in [6.45, 7) is 3.79. The van der Waals surface area contributed by atoms with E-state index >= 15 is 0 Å². The summed E-state index contributed by atoms with van der Waals surface area (Å²) in [4.78, 5) is 11.2. The molecule has 1 aliphatic heterocycles. The van der Waals surface area contributed by atoms with E-state index in [2.05, 4.69) is 35.7 Å². The molecule has 0 saturated carbocycles. The average Bonchev–Trinajstić information content (AvgIpc) is 2.89. The van der Waals surface area contributed by atoms with E-state index in [4.69, 9.17) is 11.6 Å². The van der Waals surface area contributed by atoms with Crippen molar-refractivity contribution in [3.05, 3.63) is 35.6 Å². The Labute approximate surface area is 144 Å².